The van der Waals surface area contributed by atoms with Crippen LogP contribution in [0.3, 0.4) is 0 Å². The summed E-state index contributed by atoms with van der Waals surface area (Å²) >= 11 is 0. The molecule has 1 aromatic carbocycles. The molecule has 148 valence electrons. The van der Waals surface area contributed by atoms with E-state index in [0.29, 0.717) is 5.91 Å². The van der Waals surface area contributed by atoms with Crippen molar-refractivity contribution in [2.45, 2.75) is 44.2 Å². The van der Waals surface area contributed by atoms with Crippen LogP contribution in [0.5, 0.6) is 5.75 Å². The summed E-state index contributed by atoms with van der Waals surface area (Å²) in [6.07, 6.45) is 6.71. The predicted molar refractivity (Wildman–Crippen MR) is 106 cm³/mol. The zero-order valence-corrected chi connectivity index (χ0v) is 16.5. The van der Waals surface area contributed by atoms with Crippen molar-refractivity contribution in [2.24, 2.45) is 5.92 Å². The summed E-state index contributed by atoms with van der Waals surface area (Å²) < 4.78 is 5.36. The lowest BCUT2D eigenvalue weighted by Crippen LogP contribution is -2.58. The molecule has 0 atom stereocenters. The number of hydrogen-bond acceptors (Lipinski definition) is 4. The smallest absolute Gasteiger partial charge is 0.226 e. The molecule has 2 fully saturated rings. The van der Waals surface area contributed by atoms with Gasteiger partial charge in [-0.1, -0.05) is 12.1 Å². The maximum Gasteiger partial charge on any atom is 0.226 e. The van der Waals surface area contributed by atoms with Crippen molar-refractivity contribution in [3.8, 4) is 5.75 Å². The summed E-state index contributed by atoms with van der Waals surface area (Å²) in [5.41, 5.74) is 3.39. The maximum atomic E-state index is 13.1. The molecule has 0 unspecified atom stereocenters. The molecule has 2 aliphatic heterocycles. The Balaban J connectivity index is 1.35. The van der Waals surface area contributed by atoms with Crippen LogP contribution in [-0.2, 0) is 23.3 Å². The number of fused-ring (bicyclic) bond motifs is 2. The van der Waals surface area contributed by atoms with Gasteiger partial charge in [0.15, 0.2) is 0 Å². The number of amides is 1. The van der Waals surface area contributed by atoms with E-state index in [-0.39, 0.29) is 11.5 Å². The van der Waals surface area contributed by atoms with Gasteiger partial charge in [-0.3, -0.25) is 9.69 Å². The summed E-state index contributed by atoms with van der Waals surface area (Å²) in [5, 5.41) is 0. The van der Waals surface area contributed by atoms with Gasteiger partial charge < -0.3 is 14.6 Å². The monoisotopic (exact) mass is 380 g/mol. The molecule has 1 saturated heterocycles. The zero-order valence-electron chi connectivity index (χ0n) is 16.5. The highest BCUT2D eigenvalue weighted by Gasteiger charge is 2.50. The predicted octanol–water partition coefficient (Wildman–Crippen LogP) is 2.70. The Labute approximate surface area is 165 Å². The topological polar surface area (TPSA) is 61.5 Å². The van der Waals surface area contributed by atoms with Gasteiger partial charge in [0.1, 0.15) is 5.75 Å². The van der Waals surface area contributed by atoms with E-state index in [4.69, 9.17) is 9.72 Å². The van der Waals surface area contributed by atoms with Gasteiger partial charge in [-0.15, -0.1) is 0 Å². The van der Waals surface area contributed by atoms with Crippen molar-refractivity contribution in [2.75, 3.05) is 26.7 Å². The highest BCUT2D eigenvalue weighted by Crippen LogP contribution is 2.45. The molecule has 3 aliphatic rings. The van der Waals surface area contributed by atoms with E-state index in [2.05, 4.69) is 26.9 Å². The largest absolute Gasteiger partial charge is 0.497 e. The first kappa shape index (κ1) is 17.7. The normalized spacial score (nSPS) is 21.5. The Hall–Kier alpha value is -2.34. The molecule has 0 radical (unpaired) electrons. The van der Waals surface area contributed by atoms with Crippen molar-refractivity contribution < 1.29 is 9.53 Å². The number of aromatic nitrogens is 2. The number of nitrogens with zero attached hydrogens (tertiary/aromatic N) is 3. The third-order valence-electron chi connectivity index (χ3n) is 6.68. The lowest BCUT2D eigenvalue weighted by atomic mass is 9.78. The van der Waals surface area contributed by atoms with Crippen molar-refractivity contribution in [3.63, 3.8) is 0 Å². The first-order chi connectivity index (χ1) is 13.7. The first-order valence-electron chi connectivity index (χ1n) is 10.4. The van der Waals surface area contributed by atoms with E-state index in [1.165, 1.54) is 11.3 Å². The summed E-state index contributed by atoms with van der Waals surface area (Å²) in [6.45, 7) is 3.67. The second-order valence-electron chi connectivity index (χ2n) is 8.40. The highest BCUT2D eigenvalue weighted by molar-refractivity contribution is 5.82. The molecular formula is C22H28N4O2. The van der Waals surface area contributed by atoms with Crippen molar-refractivity contribution in [1.82, 2.24) is 19.8 Å². The summed E-state index contributed by atoms with van der Waals surface area (Å²) in [6, 6.07) is 8.30. The number of carbonyl (C=O) groups is 1. The number of rotatable bonds is 4. The van der Waals surface area contributed by atoms with Crippen LogP contribution in [0.4, 0.5) is 0 Å². The molecule has 1 N–H and O–H groups in total. The molecule has 6 nitrogen and oxygen atoms in total. The Morgan fingerprint density at radius 2 is 2.11 bits per heavy atom. The van der Waals surface area contributed by atoms with Crippen LogP contribution < -0.4 is 4.74 Å². The van der Waals surface area contributed by atoms with Gasteiger partial charge in [-0.05, 0) is 43.4 Å². The van der Waals surface area contributed by atoms with Crippen LogP contribution >= 0.6 is 0 Å². The van der Waals surface area contributed by atoms with E-state index < -0.39 is 0 Å². The number of aromatic amines is 1. The fourth-order valence-electron chi connectivity index (χ4n) is 4.97. The number of likely N-dealkylation sites (tertiary alicyclic amines) is 1. The van der Waals surface area contributed by atoms with Gasteiger partial charge >= 0.3 is 0 Å². The molecule has 1 spiro atoms. The molecule has 1 saturated carbocycles. The fourth-order valence-corrected chi connectivity index (χ4v) is 4.97. The lowest BCUT2D eigenvalue weighted by molar-refractivity contribution is -0.143. The van der Waals surface area contributed by atoms with Crippen LogP contribution in [0.15, 0.2) is 30.6 Å². The quantitative estimate of drug-likeness (QED) is 0.886. The van der Waals surface area contributed by atoms with Crippen molar-refractivity contribution in [3.05, 3.63) is 47.5 Å². The molecule has 1 amide bonds. The molecule has 5 rings (SSSR count). The summed E-state index contributed by atoms with van der Waals surface area (Å²) in [4.78, 5) is 25.8. The van der Waals surface area contributed by atoms with E-state index in [1.807, 2.05) is 12.1 Å². The fraction of sp³-hybridized carbons (Fsp3) is 0.545. The second-order valence-corrected chi connectivity index (χ2v) is 8.40. The number of carbonyl (C=O) groups excluding carboxylic acids is 1. The van der Waals surface area contributed by atoms with Crippen LogP contribution in [0.2, 0.25) is 0 Å². The average molecular weight is 380 g/mol. The molecular weight excluding hydrogens is 352 g/mol. The minimum absolute atomic E-state index is 0.224. The van der Waals surface area contributed by atoms with E-state index in [0.717, 1.165) is 69.7 Å². The Morgan fingerprint density at radius 1 is 1.29 bits per heavy atom. The highest BCUT2D eigenvalue weighted by atomic mass is 16.5. The number of piperidine rings is 1. The third-order valence-corrected chi connectivity index (χ3v) is 6.68. The molecule has 28 heavy (non-hydrogen) atoms. The van der Waals surface area contributed by atoms with Gasteiger partial charge in [0.05, 0.1) is 24.7 Å². The van der Waals surface area contributed by atoms with Gasteiger partial charge in [0.2, 0.25) is 5.91 Å². The van der Waals surface area contributed by atoms with Gasteiger partial charge in [-0.2, -0.15) is 0 Å². The molecule has 1 aromatic heterocycles. The van der Waals surface area contributed by atoms with Crippen LogP contribution in [0.25, 0.3) is 0 Å². The minimum Gasteiger partial charge on any atom is -0.497 e. The third kappa shape index (κ3) is 3.00. The van der Waals surface area contributed by atoms with Gasteiger partial charge in [0, 0.05) is 44.2 Å². The molecule has 1 aliphatic carbocycles. The lowest BCUT2D eigenvalue weighted by Gasteiger charge is -2.50. The molecule has 2 aromatic rings. The van der Waals surface area contributed by atoms with E-state index in [1.54, 1.807) is 13.4 Å². The van der Waals surface area contributed by atoms with Gasteiger partial charge in [0.25, 0.3) is 0 Å². The Morgan fingerprint density at radius 3 is 2.86 bits per heavy atom. The number of methoxy groups -OCH3 is 1. The van der Waals surface area contributed by atoms with E-state index in [9.17, 15) is 4.79 Å². The number of benzene rings is 1. The summed E-state index contributed by atoms with van der Waals surface area (Å²) in [7, 11) is 1.71. The van der Waals surface area contributed by atoms with Crippen LogP contribution in [0, 0.1) is 5.92 Å². The first-order valence-corrected chi connectivity index (χ1v) is 10.4. The van der Waals surface area contributed by atoms with E-state index >= 15 is 0 Å². The van der Waals surface area contributed by atoms with Crippen LogP contribution in [-0.4, -0.2) is 52.4 Å². The SMILES string of the molecule is COc1cccc(CN2CCC3(CC2)c2nc[nH]c2CCN3C(=O)C2CC2)c1. The molecule has 6 heteroatoms. The number of imidazole rings is 1. The molecule has 3 heterocycles. The summed E-state index contributed by atoms with van der Waals surface area (Å²) in [5.74, 6) is 1.52. The van der Waals surface area contributed by atoms with Gasteiger partial charge in [-0.25, -0.2) is 4.98 Å². The number of nitrogens with one attached hydrogen (secondary N) is 1. The number of hydrogen-bond donors (Lipinski definition) is 1. The number of H-pyrrole nitrogens is 1. The number of ether oxygens (including phenoxy) is 1. The molecule has 0 bridgehead atoms. The Kier molecular flexibility index (Phi) is 4.38. The standard InChI is InChI=1S/C22H28N4O2/c1-28-18-4-2-3-16(13-18)14-25-11-8-22(9-12-25)20-19(23-15-24-20)7-10-26(22)21(27)17-5-6-17/h2-4,13,15,17H,5-12,14H2,1H3,(H,23,24). The second kappa shape index (κ2) is 6.92. The van der Waals surface area contributed by atoms with Crippen molar-refractivity contribution in [1.29, 1.82) is 0 Å². The minimum atomic E-state index is -0.224. The Bertz CT molecular complexity index is 865. The maximum absolute atomic E-state index is 13.1. The van der Waals surface area contributed by atoms with Crippen molar-refractivity contribution >= 4 is 5.91 Å². The van der Waals surface area contributed by atoms with Crippen LogP contribution in [0.1, 0.15) is 42.6 Å². The average Bonchev–Trinajstić information content (AvgIpc) is 3.47. The zero-order chi connectivity index (χ0) is 19.1.